The van der Waals surface area contributed by atoms with Crippen LogP contribution in [0, 0.1) is 0 Å². The molecule has 0 N–H and O–H groups in total. The molecule has 0 aliphatic rings. The number of ether oxygens (including phenoxy) is 1. The summed E-state index contributed by atoms with van der Waals surface area (Å²) in [5, 5.41) is 0.869. The summed E-state index contributed by atoms with van der Waals surface area (Å²) in [4.78, 5) is 0.936. The fraction of sp³-hybridized carbons (Fsp3) is 0.0769. The van der Waals surface area contributed by atoms with Gasteiger partial charge < -0.3 is 0 Å². The Morgan fingerprint density at radius 1 is 0.700 bits per heavy atom. The molecule has 0 heterocycles. The predicted molar refractivity (Wildman–Crippen MR) is 138 cm³/mol. The van der Waals surface area contributed by atoms with E-state index in [9.17, 15) is 0 Å². The minimum atomic E-state index is -3.02. The van der Waals surface area contributed by atoms with Crippen molar-refractivity contribution in [1.29, 1.82) is 0 Å². The molecule has 0 amide bonds. The van der Waals surface area contributed by atoms with E-state index in [2.05, 4.69) is 113 Å². The summed E-state index contributed by atoms with van der Waals surface area (Å²) in [5.41, 5.74) is 1.19. The molecule has 0 radical (unpaired) electrons. The fourth-order valence-electron chi connectivity index (χ4n) is 4.06. The molecule has 0 aliphatic heterocycles. The molecular weight excluding hydrogens is 471 g/mol. The van der Waals surface area contributed by atoms with E-state index in [1.165, 1.54) is 21.5 Å². The third kappa shape index (κ3) is 3.60. The Bertz CT molecular complexity index is 1030. The summed E-state index contributed by atoms with van der Waals surface area (Å²) < 4.78 is 5.41. The van der Waals surface area contributed by atoms with Crippen molar-refractivity contribution < 1.29 is 4.74 Å². The molecule has 0 aromatic heterocycles. The summed E-state index contributed by atoms with van der Waals surface area (Å²) in [5.74, 6) is 0.817. The molecule has 30 heavy (non-hydrogen) atoms. The number of rotatable bonds is 6. The SMILES string of the molecule is COc1ccc(CP(Br)(c2ccccc2)(c2ccccc2)c2ccccc2)c(S)c1. The van der Waals surface area contributed by atoms with Crippen LogP contribution in [0.2, 0.25) is 0 Å². The van der Waals surface area contributed by atoms with Gasteiger partial charge in [-0.05, 0) is 0 Å². The van der Waals surface area contributed by atoms with Crippen LogP contribution in [0.25, 0.3) is 0 Å². The third-order valence-electron chi connectivity index (χ3n) is 5.64. The predicted octanol–water partition coefficient (Wildman–Crippen LogP) is 6.32. The van der Waals surface area contributed by atoms with E-state index >= 15 is 0 Å². The Hall–Kier alpha value is -2.06. The van der Waals surface area contributed by atoms with Gasteiger partial charge in [0.2, 0.25) is 0 Å². The van der Waals surface area contributed by atoms with E-state index < -0.39 is 5.31 Å². The topological polar surface area (TPSA) is 9.23 Å². The van der Waals surface area contributed by atoms with Crippen LogP contribution in [0.15, 0.2) is 114 Å². The normalized spacial score (nSPS) is 12.7. The van der Waals surface area contributed by atoms with Gasteiger partial charge in [0, 0.05) is 0 Å². The van der Waals surface area contributed by atoms with E-state index in [1.54, 1.807) is 7.11 Å². The number of methoxy groups -OCH3 is 1. The average Bonchev–Trinajstić information content (AvgIpc) is 2.82. The van der Waals surface area contributed by atoms with E-state index in [0.717, 1.165) is 16.8 Å². The first-order valence-electron chi connectivity index (χ1n) is 9.82. The molecule has 4 aromatic rings. The van der Waals surface area contributed by atoms with Gasteiger partial charge in [0.05, 0.1) is 0 Å². The van der Waals surface area contributed by atoms with Gasteiger partial charge in [-0.15, -0.1) is 0 Å². The van der Waals surface area contributed by atoms with Crippen LogP contribution in [0.3, 0.4) is 0 Å². The summed E-state index contributed by atoms with van der Waals surface area (Å²) in [6.45, 7) is 0. The molecule has 4 aromatic carbocycles. The molecule has 152 valence electrons. The molecular formula is C26H24BrOPS. The minimum absolute atomic E-state index is 0.812. The first-order valence-corrected chi connectivity index (χ1v) is 14.7. The molecule has 1 nitrogen and oxygen atoms in total. The van der Waals surface area contributed by atoms with Crippen molar-refractivity contribution in [3.05, 3.63) is 115 Å². The summed E-state index contributed by atoms with van der Waals surface area (Å²) in [6.07, 6.45) is 0.812. The first kappa shape index (κ1) is 21.2. The maximum atomic E-state index is 5.41. The van der Waals surface area contributed by atoms with Crippen LogP contribution in [0.1, 0.15) is 5.56 Å². The number of hydrogen-bond donors (Lipinski definition) is 1. The molecule has 0 bridgehead atoms. The van der Waals surface area contributed by atoms with Crippen LogP contribution >= 0.6 is 33.4 Å². The molecule has 0 unspecified atom stereocenters. The Labute approximate surface area is 192 Å². The van der Waals surface area contributed by atoms with E-state index in [0.29, 0.717) is 0 Å². The monoisotopic (exact) mass is 494 g/mol. The maximum absolute atomic E-state index is 5.41. The van der Waals surface area contributed by atoms with Crippen molar-refractivity contribution in [2.75, 3.05) is 7.11 Å². The summed E-state index contributed by atoms with van der Waals surface area (Å²) in [7, 11) is 1.69. The van der Waals surface area contributed by atoms with Gasteiger partial charge in [0.1, 0.15) is 0 Å². The van der Waals surface area contributed by atoms with Gasteiger partial charge in [-0.3, -0.25) is 0 Å². The van der Waals surface area contributed by atoms with Crippen LogP contribution in [0.4, 0.5) is 0 Å². The second-order valence-corrected chi connectivity index (χ2v) is 16.8. The first-order chi connectivity index (χ1) is 14.6. The van der Waals surface area contributed by atoms with Gasteiger partial charge in [-0.1, -0.05) is 0 Å². The van der Waals surface area contributed by atoms with Gasteiger partial charge in [-0.25, -0.2) is 0 Å². The zero-order chi connectivity index (χ0) is 21.1. The summed E-state index contributed by atoms with van der Waals surface area (Å²) in [6, 6.07) is 38.6. The van der Waals surface area contributed by atoms with Crippen molar-refractivity contribution in [1.82, 2.24) is 0 Å². The molecule has 0 aliphatic carbocycles. The van der Waals surface area contributed by atoms with Gasteiger partial charge in [0.25, 0.3) is 0 Å². The standard InChI is InChI=1S/C26H24BrOPS/c1-28-22-18-17-21(26(30)19-22)20-29(27,23-11-5-2-6-12-23,24-13-7-3-8-14-24)25-15-9-4-10-16-25/h2-19,30H,20H2,1H3. The third-order valence-corrected chi connectivity index (χ3v) is 15.6. The molecule has 0 atom stereocenters. The zero-order valence-electron chi connectivity index (χ0n) is 16.8. The molecule has 4 rings (SSSR count). The van der Waals surface area contributed by atoms with E-state index in [4.69, 9.17) is 17.4 Å². The quantitative estimate of drug-likeness (QED) is 0.243. The average molecular weight is 495 g/mol. The van der Waals surface area contributed by atoms with Crippen LogP contribution in [0.5, 0.6) is 5.75 Å². The molecule has 0 fully saturated rings. The van der Waals surface area contributed by atoms with Crippen LogP contribution in [-0.2, 0) is 6.16 Å². The van der Waals surface area contributed by atoms with Gasteiger partial charge >= 0.3 is 193 Å². The van der Waals surface area contributed by atoms with Crippen molar-refractivity contribution >= 4 is 49.3 Å². The van der Waals surface area contributed by atoms with Crippen molar-refractivity contribution in [2.24, 2.45) is 0 Å². The second-order valence-electron chi connectivity index (χ2n) is 7.34. The fourth-order valence-corrected chi connectivity index (χ4v) is 12.1. The van der Waals surface area contributed by atoms with Crippen LogP contribution < -0.4 is 20.7 Å². The molecule has 0 spiro atoms. The Kier molecular flexibility index (Phi) is 6.06. The zero-order valence-corrected chi connectivity index (χ0v) is 20.2. The van der Waals surface area contributed by atoms with Crippen molar-refractivity contribution in [3.8, 4) is 5.75 Å². The molecule has 4 heteroatoms. The molecule has 0 saturated heterocycles. The van der Waals surface area contributed by atoms with Gasteiger partial charge in [0.15, 0.2) is 0 Å². The Morgan fingerprint density at radius 2 is 1.13 bits per heavy atom. The number of halogens is 1. The second kappa shape index (κ2) is 8.59. The van der Waals surface area contributed by atoms with Crippen molar-refractivity contribution in [3.63, 3.8) is 0 Å². The van der Waals surface area contributed by atoms with Crippen LogP contribution in [-0.4, -0.2) is 7.11 Å². The van der Waals surface area contributed by atoms with Crippen molar-refractivity contribution in [2.45, 2.75) is 11.1 Å². The van der Waals surface area contributed by atoms with E-state index in [1.807, 2.05) is 12.1 Å². The Balaban J connectivity index is 2.06. The summed E-state index contributed by atoms with van der Waals surface area (Å²) >= 11 is 9.32. The number of hydrogen-bond acceptors (Lipinski definition) is 2. The van der Waals surface area contributed by atoms with E-state index in [-0.39, 0.29) is 0 Å². The number of benzene rings is 4. The van der Waals surface area contributed by atoms with Gasteiger partial charge in [-0.2, -0.15) is 0 Å². The molecule has 0 saturated carbocycles. The number of thiol groups is 1. The Morgan fingerprint density at radius 3 is 1.50 bits per heavy atom.